The van der Waals surface area contributed by atoms with Gasteiger partial charge in [-0.05, 0) is 31.0 Å². The van der Waals surface area contributed by atoms with Crippen LogP contribution in [0.15, 0.2) is 42.6 Å². The molecule has 0 amide bonds. The molecule has 2 bridgehead atoms. The van der Waals surface area contributed by atoms with Gasteiger partial charge in [-0.15, -0.1) is 10.2 Å². The molecule has 5 rings (SSSR count). The molecular weight excluding hydrogens is 359 g/mol. The van der Waals surface area contributed by atoms with Crippen LogP contribution in [0, 0.1) is 0 Å². The van der Waals surface area contributed by atoms with E-state index in [-0.39, 0.29) is 11.8 Å². The van der Waals surface area contributed by atoms with Crippen LogP contribution in [0.3, 0.4) is 0 Å². The lowest BCUT2D eigenvalue weighted by Gasteiger charge is -2.42. The number of benzene rings is 1. The van der Waals surface area contributed by atoms with Crippen LogP contribution in [-0.2, 0) is 0 Å². The van der Waals surface area contributed by atoms with E-state index >= 15 is 0 Å². The number of nitrogens with zero attached hydrogens (tertiary/aromatic N) is 3. The quantitative estimate of drug-likeness (QED) is 0.725. The SMILES string of the molecule is Oc1cc2ncccc2cc1-c1ccc(O[C@H]2C[C@@H]3CCC[C@@H](N3)[C@H]2F)nn1. The summed E-state index contributed by atoms with van der Waals surface area (Å²) in [5, 5.41) is 22.9. The van der Waals surface area contributed by atoms with E-state index in [1.54, 1.807) is 24.4 Å². The summed E-state index contributed by atoms with van der Waals surface area (Å²) in [6, 6.07) is 10.8. The number of nitrogens with one attached hydrogen (secondary N) is 1. The third kappa shape index (κ3) is 3.16. The summed E-state index contributed by atoms with van der Waals surface area (Å²) in [5.74, 6) is 0.391. The third-order valence-corrected chi connectivity index (χ3v) is 5.68. The van der Waals surface area contributed by atoms with Crippen LogP contribution in [-0.4, -0.2) is 44.6 Å². The zero-order valence-electron chi connectivity index (χ0n) is 15.3. The Morgan fingerprint density at radius 1 is 1.14 bits per heavy atom. The zero-order valence-corrected chi connectivity index (χ0v) is 15.3. The Morgan fingerprint density at radius 3 is 2.93 bits per heavy atom. The van der Waals surface area contributed by atoms with Crippen molar-refractivity contribution in [2.45, 2.75) is 50.0 Å². The maximum atomic E-state index is 14.7. The van der Waals surface area contributed by atoms with Gasteiger partial charge in [-0.1, -0.05) is 12.5 Å². The highest BCUT2D eigenvalue weighted by atomic mass is 19.1. The van der Waals surface area contributed by atoms with Gasteiger partial charge in [-0.3, -0.25) is 4.98 Å². The number of pyridine rings is 1. The fourth-order valence-corrected chi connectivity index (χ4v) is 4.27. The highest BCUT2D eigenvalue weighted by Gasteiger charge is 2.41. The van der Waals surface area contributed by atoms with Crippen molar-refractivity contribution in [1.29, 1.82) is 0 Å². The molecule has 2 aliphatic heterocycles. The van der Waals surface area contributed by atoms with Crippen LogP contribution in [0.2, 0.25) is 0 Å². The number of hydrogen-bond acceptors (Lipinski definition) is 6. The monoisotopic (exact) mass is 380 g/mol. The Balaban J connectivity index is 1.37. The van der Waals surface area contributed by atoms with E-state index in [1.165, 1.54) is 0 Å². The molecule has 0 unspecified atom stereocenters. The maximum absolute atomic E-state index is 14.7. The van der Waals surface area contributed by atoms with Crippen molar-refractivity contribution in [3.63, 3.8) is 0 Å². The molecule has 0 saturated carbocycles. The lowest BCUT2D eigenvalue weighted by molar-refractivity contribution is 0.00652. The molecule has 144 valence electrons. The minimum atomic E-state index is -1.05. The van der Waals surface area contributed by atoms with E-state index in [2.05, 4.69) is 20.5 Å². The van der Waals surface area contributed by atoms with Gasteiger partial charge >= 0.3 is 0 Å². The highest BCUT2D eigenvalue weighted by molar-refractivity contribution is 5.87. The third-order valence-electron chi connectivity index (χ3n) is 5.68. The second-order valence-electron chi connectivity index (χ2n) is 7.56. The Bertz CT molecular complexity index is 997. The van der Waals surface area contributed by atoms with Crippen molar-refractivity contribution in [2.24, 2.45) is 0 Å². The molecule has 7 heteroatoms. The summed E-state index contributed by atoms with van der Waals surface area (Å²) >= 11 is 0. The van der Waals surface area contributed by atoms with Crippen molar-refractivity contribution in [1.82, 2.24) is 20.5 Å². The molecule has 4 heterocycles. The summed E-state index contributed by atoms with van der Waals surface area (Å²) in [7, 11) is 0. The van der Waals surface area contributed by atoms with Gasteiger partial charge in [-0.2, -0.15) is 0 Å². The van der Waals surface area contributed by atoms with Gasteiger partial charge in [0.05, 0.1) is 11.2 Å². The number of halogens is 1. The molecule has 2 saturated heterocycles. The van der Waals surface area contributed by atoms with Crippen LogP contribution in [0.25, 0.3) is 22.2 Å². The van der Waals surface area contributed by atoms with Crippen molar-refractivity contribution < 1.29 is 14.2 Å². The standard InChI is InChI=1S/C21H21FN4O2/c22-21-16-5-1-4-13(24-16)10-19(21)28-20-7-6-15(25-26-20)14-9-12-3-2-8-23-17(12)11-18(14)27/h2-3,6-9,11,13,16,19,21,24,27H,1,4-5,10H2/t13-,16+,19-,21+/m0/s1. The maximum Gasteiger partial charge on any atom is 0.233 e. The second kappa shape index (κ2) is 6.98. The van der Waals surface area contributed by atoms with Crippen LogP contribution in [0.1, 0.15) is 25.7 Å². The smallest absolute Gasteiger partial charge is 0.233 e. The van der Waals surface area contributed by atoms with Crippen molar-refractivity contribution in [3.05, 3.63) is 42.6 Å². The molecule has 0 radical (unpaired) electrons. The first kappa shape index (κ1) is 17.3. The largest absolute Gasteiger partial charge is 0.507 e. The molecule has 2 aliphatic rings. The van der Waals surface area contributed by atoms with Gasteiger partial charge in [0.2, 0.25) is 5.88 Å². The molecule has 0 spiro atoms. The minimum Gasteiger partial charge on any atom is -0.507 e. The molecule has 6 nitrogen and oxygen atoms in total. The van der Waals surface area contributed by atoms with Gasteiger partial charge in [0.25, 0.3) is 0 Å². The van der Waals surface area contributed by atoms with Crippen LogP contribution >= 0.6 is 0 Å². The molecule has 2 N–H and O–H groups in total. The van der Waals surface area contributed by atoms with Gasteiger partial charge < -0.3 is 15.2 Å². The minimum absolute atomic E-state index is 0.0872. The fraction of sp³-hybridized carbons (Fsp3) is 0.381. The van der Waals surface area contributed by atoms with Gasteiger partial charge in [0.1, 0.15) is 11.9 Å². The normalized spacial score (nSPS) is 26.9. The van der Waals surface area contributed by atoms with Crippen molar-refractivity contribution in [3.8, 4) is 22.9 Å². The average Bonchev–Trinajstić information content (AvgIpc) is 2.72. The Morgan fingerprint density at radius 2 is 2.07 bits per heavy atom. The Labute approximate surface area is 161 Å². The van der Waals surface area contributed by atoms with Crippen LogP contribution in [0.5, 0.6) is 11.6 Å². The van der Waals surface area contributed by atoms with Gasteiger partial charge in [0, 0.05) is 47.8 Å². The lowest BCUT2D eigenvalue weighted by atomic mass is 9.84. The molecule has 4 atom stereocenters. The number of fused-ring (bicyclic) bond motifs is 3. The zero-order chi connectivity index (χ0) is 19.1. The number of alkyl halides is 1. The van der Waals surface area contributed by atoms with E-state index in [0.29, 0.717) is 35.1 Å². The predicted octanol–water partition coefficient (Wildman–Crippen LogP) is 3.40. The van der Waals surface area contributed by atoms with Crippen LogP contribution < -0.4 is 10.1 Å². The van der Waals surface area contributed by atoms with Crippen molar-refractivity contribution >= 4 is 10.9 Å². The molecule has 3 aromatic rings. The number of phenolic OH excluding ortho intramolecular Hbond substituents is 1. The number of hydrogen-bond donors (Lipinski definition) is 2. The predicted molar refractivity (Wildman–Crippen MR) is 103 cm³/mol. The first-order chi connectivity index (χ1) is 13.7. The summed E-state index contributed by atoms with van der Waals surface area (Å²) < 4.78 is 20.5. The molecular formula is C21H21FN4O2. The van der Waals surface area contributed by atoms with Gasteiger partial charge in [-0.25, -0.2) is 4.39 Å². The summed E-state index contributed by atoms with van der Waals surface area (Å²) in [6.07, 6.45) is 3.74. The summed E-state index contributed by atoms with van der Waals surface area (Å²) in [4.78, 5) is 4.23. The Kier molecular flexibility index (Phi) is 4.31. The number of phenols is 1. The first-order valence-corrected chi connectivity index (χ1v) is 9.66. The number of ether oxygens (including phenoxy) is 1. The fourth-order valence-electron chi connectivity index (χ4n) is 4.27. The molecule has 2 fully saturated rings. The molecule has 2 aromatic heterocycles. The number of rotatable bonds is 3. The topological polar surface area (TPSA) is 80.2 Å². The Hall–Kier alpha value is -2.80. The number of aromatic nitrogens is 3. The van der Waals surface area contributed by atoms with E-state index in [9.17, 15) is 9.50 Å². The summed E-state index contributed by atoms with van der Waals surface area (Å²) in [6.45, 7) is 0. The van der Waals surface area contributed by atoms with Crippen molar-refractivity contribution in [2.75, 3.05) is 0 Å². The second-order valence-corrected chi connectivity index (χ2v) is 7.56. The van der Waals surface area contributed by atoms with E-state index in [1.807, 2.05) is 18.2 Å². The van der Waals surface area contributed by atoms with E-state index in [0.717, 1.165) is 24.6 Å². The van der Waals surface area contributed by atoms with Gasteiger partial charge in [0.15, 0.2) is 6.17 Å². The average molecular weight is 380 g/mol. The first-order valence-electron chi connectivity index (χ1n) is 9.66. The van der Waals surface area contributed by atoms with E-state index in [4.69, 9.17) is 4.74 Å². The number of aromatic hydroxyl groups is 1. The molecule has 0 aliphatic carbocycles. The summed E-state index contributed by atoms with van der Waals surface area (Å²) in [5.41, 5.74) is 1.80. The highest BCUT2D eigenvalue weighted by Crippen LogP contribution is 2.33. The lowest BCUT2D eigenvalue weighted by Crippen LogP contribution is -2.59. The molecule has 28 heavy (non-hydrogen) atoms. The van der Waals surface area contributed by atoms with Crippen LogP contribution in [0.4, 0.5) is 4.39 Å². The molecule has 1 aromatic carbocycles. The number of piperidine rings is 2. The van der Waals surface area contributed by atoms with E-state index < -0.39 is 12.3 Å².